The van der Waals surface area contributed by atoms with Crippen LogP contribution in [0.1, 0.15) is 68.2 Å². The van der Waals surface area contributed by atoms with E-state index in [9.17, 15) is 14.7 Å². The first kappa shape index (κ1) is 21.0. The molecule has 1 saturated carbocycles. The van der Waals surface area contributed by atoms with Crippen molar-refractivity contribution in [3.63, 3.8) is 0 Å². The van der Waals surface area contributed by atoms with E-state index >= 15 is 0 Å². The van der Waals surface area contributed by atoms with Crippen LogP contribution in [0.15, 0.2) is 0 Å². The minimum atomic E-state index is -0.705. The van der Waals surface area contributed by atoms with Crippen molar-refractivity contribution in [2.24, 2.45) is 16.2 Å². The van der Waals surface area contributed by atoms with E-state index < -0.39 is 23.2 Å². The number of nitrogens with one attached hydrogen (secondary N) is 1. The molecule has 0 aromatic rings. The number of carbonyl (C=O) groups excluding carboxylic acids is 2. The second-order valence-electron chi connectivity index (χ2n) is 10.8. The van der Waals surface area contributed by atoms with Crippen LogP contribution in [0.4, 0.5) is 4.79 Å². The van der Waals surface area contributed by atoms with Gasteiger partial charge in [-0.1, -0.05) is 34.6 Å². The number of nitrogens with zero attached hydrogens (tertiary/aromatic N) is 1. The molecule has 6 nitrogen and oxygen atoms in total. The monoisotopic (exact) mass is 368 g/mol. The zero-order valence-corrected chi connectivity index (χ0v) is 17.6. The highest BCUT2D eigenvalue weighted by Crippen LogP contribution is 2.68. The summed E-state index contributed by atoms with van der Waals surface area (Å²) in [6, 6.07) is -0.891. The van der Waals surface area contributed by atoms with E-state index in [2.05, 4.69) is 19.2 Å². The Bertz CT molecular complexity index is 573. The molecule has 2 aliphatic rings. The highest BCUT2D eigenvalue weighted by Gasteiger charge is 2.66. The molecule has 1 spiro atoms. The number of aliphatic hydroxyl groups excluding tert-OH is 1. The molecular formula is C20H36N2O4. The molecule has 26 heavy (non-hydrogen) atoms. The van der Waals surface area contributed by atoms with Gasteiger partial charge >= 0.3 is 6.09 Å². The van der Waals surface area contributed by atoms with Gasteiger partial charge in [0.25, 0.3) is 0 Å². The fraction of sp³-hybridized carbons (Fsp3) is 0.900. The predicted octanol–water partition coefficient (Wildman–Crippen LogP) is 2.94. The topological polar surface area (TPSA) is 78.9 Å². The maximum Gasteiger partial charge on any atom is 0.408 e. The van der Waals surface area contributed by atoms with E-state index in [1.54, 1.807) is 25.7 Å². The van der Waals surface area contributed by atoms with E-state index in [1.165, 1.54) is 0 Å². The number of aliphatic hydroxyl groups is 1. The van der Waals surface area contributed by atoms with Gasteiger partial charge in [0.2, 0.25) is 5.91 Å². The normalized spacial score (nSPS) is 28.8. The summed E-state index contributed by atoms with van der Waals surface area (Å²) in [6.45, 7) is 16.2. The fourth-order valence-corrected chi connectivity index (χ4v) is 4.16. The third kappa shape index (κ3) is 4.16. The first-order chi connectivity index (χ1) is 11.6. The number of likely N-dealkylation sites (tertiary alicyclic amines) is 1. The highest BCUT2D eigenvalue weighted by molar-refractivity contribution is 5.87. The molecule has 2 rings (SSSR count). The number of hydrogen-bond donors (Lipinski definition) is 2. The third-order valence-corrected chi connectivity index (χ3v) is 5.90. The molecule has 2 unspecified atom stereocenters. The quantitative estimate of drug-likeness (QED) is 0.803. The molecule has 0 radical (unpaired) electrons. The van der Waals surface area contributed by atoms with Gasteiger partial charge in [-0.15, -0.1) is 0 Å². The van der Waals surface area contributed by atoms with E-state index in [0.717, 1.165) is 12.8 Å². The lowest BCUT2D eigenvalue weighted by Crippen LogP contribution is -2.56. The Balaban J connectivity index is 2.17. The number of hydrogen-bond acceptors (Lipinski definition) is 4. The lowest BCUT2D eigenvalue weighted by molar-refractivity contribution is -0.138. The van der Waals surface area contributed by atoms with Gasteiger partial charge in [0, 0.05) is 6.54 Å². The number of ether oxygens (including phenoxy) is 1. The van der Waals surface area contributed by atoms with Gasteiger partial charge in [-0.05, 0) is 49.9 Å². The van der Waals surface area contributed by atoms with E-state index in [-0.39, 0.29) is 29.4 Å². The molecule has 3 atom stereocenters. The van der Waals surface area contributed by atoms with Crippen molar-refractivity contribution in [3.8, 4) is 0 Å². The number of carbonyl (C=O) groups is 2. The zero-order chi connectivity index (χ0) is 20.1. The van der Waals surface area contributed by atoms with E-state index in [0.29, 0.717) is 6.54 Å². The number of rotatable bonds is 3. The van der Waals surface area contributed by atoms with Gasteiger partial charge in [-0.3, -0.25) is 4.79 Å². The Hall–Kier alpha value is -1.30. The Kier molecular flexibility index (Phi) is 5.17. The number of alkyl carbamates (subject to hydrolysis) is 1. The molecular weight excluding hydrogens is 332 g/mol. The molecule has 2 fully saturated rings. The summed E-state index contributed by atoms with van der Waals surface area (Å²) in [5, 5.41) is 12.6. The average molecular weight is 369 g/mol. The van der Waals surface area contributed by atoms with Crippen LogP contribution in [-0.2, 0) is 9.53 Å². The summed E-state index contributed by atoms with van der Waals surface area (Å²) in [5.74, 6) is -0.137. The van der Waals surface area contributed by atoms with Crippen LogP contribution >= 0.6 is 0 Å². The molecule has 0 aromatic carbocycles. The largest absolute Gasteiger partial charge is 0.444 e. The van der Waals surface area contributed by atoms with Gasteiger partial charge in [-0.2, -0.15) is 0 Å². The Morgan fingerprint density at radius 1 is 1.23 bits per heavy atom. The van der Waals surface area contributed by atoms with Crippen molar-refractivity contribution < 1.29 is 19.4 Å². The van der Waals surface area contributed by atoms with Crippen LogP contribution in [0.25, 0.3) is 0 Å². The second kappa shape index (κ2) is 6.39. The Morgan fingerprint density at radius 2 is 1.77 bits per heavy atom. The molecule has 0 aromatic heterocycles. The molecule has 1 saturated heterocycles. The maximum absolute atomic E-state index is 13.3. The van der Waals surface area contributed by atoms with Crippen molar-refractivity contribution >= 4 is 12.0 Å². The van der Waals surface area contributed by atoms with Crippen LogP contribution in [-0.4, -0.2) is 52.8 Å². The van der Waals surface area contributed by atoms with Gasteiger partial charge in [0.05, 0.1) is 12.6 Å². The minimum Gasteiger partial charge on any atom is -0.444 e. The maximum atomic E-state index is 13.3. The summed E-state index contributed by atoms with van der Waals surface area (Å²) < 4.78 is 5.35. The second-order valence-corrected chi connectivity index (χ2v) is 10.8. The van der Waals surface area contributed by atoms with Crippen molar-refractivity contribution in [2.45, 2.75) is 85.9 Å². The summed E-state index contributed by atoms with van der Waals surface area (Å²) in [4.78, 5) is 27.4. The Morgan fingerprint density at radius 3 is 2.15 bits per heavy atom. The van der Waals surface area contributed by atoms with Crippen LogP contribution in [0.5, 0.6) is 0 Å². The van der Waals surface area contributed by atoms with Gasteiger partial charge in [-0.25, -0.2) is 4.79 Å². The predicted molar refractivity (Wildman–Crippen MR) is 101 cm³/mol. The molecule has 2 amide bonds. The van der Waals surface area contributed by atoms with E-state index in [1.807, 2.05) is 20.8 Å². The summed E-state index contributed by atoms with van der Waals surface area (Å²) in [5.41, 5.74) is -0.794. The Labute approximate surface area is 157 Å². The molecule has 2 N–H and O–H groups in total. The van der Waals surface area contributed by atoms with Crippen molar-refractivity contribution in [1.82, 2.24) is 10.2 Å². The zero-order valence-electron chi connectivity index (χ0n) is 17.6. The summed E-state index contributed by atoms with van der Waals surface area (Å²) in [6.07, 6.45) is 1.30. The molecule has 6 heteroatoms. The molecule has 1 heterocycles. The van der Waals surface area contributed by atoms with Crippen LogP contribution in [0.3, 0.4) is 0 Å². The first-order valence-electron chi connectivity index (χ1n) is 9.53. The van der Waals surface area contributed by atoms with Gasteiger partial charge < -0.3 is 20.1 Å². The lowest BCUT2D eigenvalue weighted by Gasteiger charge is -2.35. The summed E-state index contributed by atoms with van der Waals surface area (Å²) >= 11 is 0. The lowest BCUT2D eigenvalue weighted by atomic mass is 9.85. The molecule has 150 valence electrons. The van der Waals surface area contributed by atoms with Crippen LogP contribution in [0, 0.1) is 16.2 Å². The standard InChI is InChI=1S/C20H36N2O4/c1-17(2,3)14(21-16(25)26-18(4,5)6)15(24)22-12-20(9-13(22)10-23)11-19(20,7)8/h13-14,23H,9-12H2,1-8H3,(H,21,25)/t13?,14-,20?/m1/s1. The van der Waals surface area contributed by atoms with Gasteiger partial charge in [0.15, 0.2) is 0 Å². The molecule has 1 aliphatic heterocycles. The van der Waals surface area contributed by atoms with E-state index in [4.69, 9.17) is 4.74 Å². The number of amides is 2. The van der Waals surface area contributed by atoms with Crippen molar-refractivity contribution in [3.05, 3.63) is 0 Å². The van der Waals surface area contributed by atoms with Gasteiger partial charge in [0.1, 0.15) is 11.6 Å². The third-order valence-electron chi connectivity index (χ3n) is 5.90. The first-order valence-corrected chi connectivity index (χ1v) is 9.53. The average Bonchev–Trinajstić information content (AvgIpc) is 2.78. The smallest absolute Gasteiger partial charge is 0.408 e. The fourth-order valence-electron chi connectivity index (χ4n) is 4.16. The SMILES string of the molecule is CC(C)(C)OC(=O)N[C@H](C(=O)N1CC2(CC1CO)CC2(C)C)C(C)(C)C. The summed E-state index contributed by atoms with van der Waals surface area (Å²) in [7, 11) is 0. The van der Waals surface area contributed by atoms with Crippen LogP contribution < -0.4 is 5.32 Å². The van der Waals surface area contributed by atoms with Crippen molar-refractivity contribution in [1.29, 1.82) is 0 Å². The highest BCUT2D eigenvalue weighted by atomic mass is 16.6. The molecule has 1 aliphatic carbocycles. The molecule has 0 bridgehead atoms. The van der Waals surface area contributed by atoms with Crippen LogP contribution in [0.2, 0.25) is 0 Å². The minimum absolute atomic E-state index is 0.0487. The van der Waals surface area contributed by atoms with Crippen molar-refractivity contribution in [2.75, 3.05) is 13.2 Å².